The number of hydrogen-bond acceptors (Lipinski definition) is 0. The van der Waals surface area contributed by atoms with E-state index in [9.17, 15) is 0 Å². The van der Waals surface area contributed by atoms with Gasteiger partial charge in [0.25, 0.3) is 0 Å². The predicted molar refractivity (Wildman–Crippen MR) is 126 cm³/mol. The molecule has 0 aliphatic rings. The minimum Gasteiger partial charge on any atom is -0.126 e. The van der Waals surface area contributed by atoms with E-state index in [1.807, 2.05) is 0 Å². The van der Waals surface area contributed by atoms with Crippen LogP contribution in [0.3, 0.4) is 0 Å². The van der Waals surface area contributed by atoms with Crippen molar-refractivity contribution < 1.29 is 20.8 Å². The SMILES string of the molecule is [Cl][Zr+2][Cl].c1ccc2c(c1)[cH-]c1ccccc12.c1ccc2c(c1)[cH-]c1ccccc12. The number of fused-ring (bicyclic) bond motifs is 6. The van der Waals surface area contributed by atoms with E-state index in [0.29, 0.717) is 0 Å². The Hall–Kier alpha value is -1.92. The molecular formula is C26H18Cl2Zr. The smallest absolute Gasteiger partial charge is 0.0771 e. The summed E-state index contributed by atoms with van der Waals surface area (Å²) >= 11 is -0.826. The van der Waals surface area contributed by atoms with Crippen LogP contribution in [0.25, 0.3) is 43.1 Å². The second kappa shape index (κ2) is 9.72. The van der Waals surface area contributed by atoms with E-state index in [4.69, 9.17) is 17.0 Å². The van der Waals surface area contributed by atoms with Gasteiger partial charge in [0.1, 0.15) is 0 Å². The van der Waals surface area contributed by atoms with Crippen LogP contribution in [-0.4, -0.2) is 0 Å². The Kier molecular flexibility index (Phi) is 6.83. The molecule has 0 spiro atoms. The Morgan fingerprint density at radius 3 is 0.862 bits per heavy atom. The van der Waals surface area contributed by atoms with Gasteiger partial charge in [-0.2, -0.15) is 0 Å². The van der Waals surface area contributed by atoms with Crippen LogP contribution in [0, 0.1) is 0 Å². The van der Waals surface area contributed by atoms with E-state index in [1.54, 1.807) is 0 Å². The summed E-state index contributed by atoms with van der Waals surface area (Å²) in [5.41, 5.74) is 0. The molecule has 0 radical (unpaired) electrons. The number of rotatable bonds is 0. The van der Waals surface area contributed by atoms with Gasteiger partial charge in [0.05, 0.1) is 0 Å². The van der Waals surface area contributed by atoms with Crippen molar-refractivity contribution in [2.45, 2.75) is 0 Å². The number of benzene rings is 4. The van der Waals surface area contributed by atoms with Crippen LogP contribution in [0.5, 0.6) is 0 Å². The Labute approximate surface area is 189 Å². The average Bonchev–Trinajstić information content (AvgIpc) is 3.33. The molecule has 6 aromatic rings. The van der Waals surface area contributed by atoms with E-state index < -0.39 is 20.8 Å². The Morgan fingerprint density at radius 1 is 0.414 bits per heavy atom. The van der Waals surface area contributed by atoms with E-state index in [-0.39, 0.29) is 0 Å². The van der Waals surface area contributed by atoms with Gasteiger partial charge in [-0.25, -0.2) is 0 Å². The predicted octanol–water partition coefficient (Wildman–Crippen LogP) is 8.80. The Morgan fingerprint density at radius 2 is 0.621 bits per heavy atom. The van der Waals surface area contributed by atoms with Crippen LogP contribution in [0.1, 0.15) is 0 Å². The minimum atomic E-state index is -0.826. The molecule has 3 heteroatoms. The fraction of sp³-hybridized carbons (Fsp3) is 0. The first-order valence-electron chi connectivity index (χ1n) is 9.34. The number of halogens is 2. The van der Waals surface area contributed by atoms with E-state index in [2.05, 4.69) is 109 Å². The first kappa shape index (κ1) is 20.4. The van der Waals surface area contributed by atoms with Gasteiger partial charge in [-0.1, -0.05) is 72.8 Å². The maximum Gasteiger partial charge on any atom is -0.0771 e. The molecule has 6 rings (SSSR count). The number of hydrogen-bond donors (Lipinski definition) is 0. The van der Waals surface area contributed by atoms with Crippen LogP contribution >= 0.6 is 17.0 Å². The largest absolute Gasteiger partial charge is 0.126 e. The molecule has 0 atom stereocenters. The van der Waals surface area contributed by atoms with Crippen LogP contribution in [0.15, 0.2) is 109 Å². The molecule has 0 heterocycles. The van der Waals surface area contributed by atoms with Crippen molar-refractivity contribution in [3.8, 4) is 0 Å². The maximum absolute atomic E-state index is 4.93. The molecule has 0 saturated carbocycles. The van der Waals surface area contributed by atoms with E-state index >= 15 is 0 Å². The molecule has 0 bridgehead atoms. The fourth-order valence-corrected chi connectivity index (χ4v) is 3.81. The summed E-state index contributed by atoms with van der Waals surface area (Å²) in [6, 6.07) is 38.5. The minimum absolute atomic E-state index is 0.826. The van der Waals surface area contributed by atoms with Crippen molar-refractivity contribution in [2.24, 2.45) is 0 Å². The third kappa shape index (κ3) is 4.48. The normalized spacial score (nSPS) is 10.3. The zero-order valence-electron chi connectivity index (χ0n) is 15.6. The maximum atomic E-state index is 4.93. The van der Waals surface area contributed by atoms with Crippen LogP contribution in [-0.2, 0) is 20.8 Å². The van der Waals surface area contributed by atoms with Crippen molar-refractivity contribution in [2.75, 3.05) is 0 Å². The monoisotopic (exact) mass is 490 g/mol. The van der Waals surface area contributed by atoms with Gasteiger partial charge < -0.3 is 0 Å². The molecular weight excluding hydrogens is 474 g/mol. The van der Waals surface area contributed by atoms with Gasteiger partial charge in [0.2, 0.25) is 0 Å². The van der Waals surface area contributed by atoms with Crippen LogP contribution < -0.4 is 0 Å². The van der Waals surface area contributed by atoms with Crippen molar-refractivity contribution in [1.82, 2.24) is 0 Å². The van der Waals surface area contributed by atoms with Crippen molar-refractivity contribution in [1.29, 1.82) is 0 Å². The molecule has 0 N–H and O–H groups in total. The summed E-state index contributed by atoms with van der Waals surface area (Å²) in [5, 5.41) is 10.8. The third-order valence-corrected chi connectivity index (χ3v) is 5.05. The Bertz CT molecular complexity index is 1150. The molecule has 0 aromatic heterocycles. The van der Waals surface area contributed by atoms with Gasteiger partial charge in [0, 0.05) is 0 Å². The molecule has 0 nitrogen and oxygen atoms in total. The summed E-state index contributed by atoms with van der Waals surface area (Å²) in [6.07, 6.45) is 0. The topological polar surface area (TPSA) is 0 Å². The van der Waals surface area contributed by atoms with Crippen LogP contribution in [0.2, 0.25) is 0 Å². The van der Waals surface area contributed by atoms with Crippen molar-refractivity contribution in [3.63, 3.8) is 0 Å². The van der Waals surface area contributed by atoms with Gasteiger partial charge >= 0.3 is 37.9 Å². The molecule has 140 valence electrons. The van der Waals surface area contributed by atoms with Gasteiger partial charge in [-0.05, 0) is 0 Å². The summed E-state index contributed by atoms with van der Waals surface area (Å²) in [4.78, 5) is 0. The zero-order chi connectivity index (χ0) is 20.1. The van der Waals surface area contributed by atoms with E-state index in [1.165, 1.54) is 43.1 Å². The second-order valence-corrected chi connectivity index (χ2v) is 10.4. The molecule has 0 unspecified atom stereocenters. The first-order chi connectivity index (χ1) is 14.3. The second-order valence-electron chi connectivity index (χ2n) is 6.71. The van der Waals surface area contributed by atoms with Gasteiger partial charge in [0.15, 0.2) is 0 Å². The fourth-order valence-electron chi connectivity index (χ4n) is 3.81. The molecule has 0 aliphatic carbocycles. The van der Waals surface area contributed by atoms with Gasteiger partial charge in [-0.3, -0.25) is 0 Å². The average molecular weight is 493 g/mol. The summed E-state index contributed by atoms with van der Waals surface area (Å²) in [7, 11) is 9.87. The summed E-state index contributed by atoms with van der Waals surface area (Å²) in [5.74, 6) is 0. The summed E-state index contributed by atoms with van der Waals surface area (Å²) in [6.45, 7) is 0. The van der Waals surface area contributed by atoms with Crippen molar-refractivity contribution in [3.05, 3.63) is 109 Å². The van der Waals surface area contributed by atoms with Gasteiger partial charge in [-0.15, -0.1) is 79.5 Å². The molecule has 29 heavy (non-hydrogen) atoms. The standard InChI is InChI=1S/2C13H9.2ClH.Zr/c2*1-3-7-12-10(5-1)9-11-6-2-4-8-13(11)12;;;/h2*1-9H;2*1H;/q2*-1;;;+4/p-2. The Balaban J connectivity index is 0.000000125. The third-order valence-electron chi connectivity index (χ3n) is 5.05. The molecule has 0 aliphatic heterocycles. The van der Waals surface area contributed by atoms with E-state index in [0.717, 1.165) is 0 Å². The van der Waals surface area contributed by atoms with Crippen molar-refractivity contribution >= 4 is 60.1 Å². The molecule has 0 amide bonds. The molecule has 6 aromatic carbocycles. The first-order valence-corrected chi connectivity index (χ1v) is 15.7. The zero-order valence-corrected chi connectivity index (χ0v) is 19.6. The molecule has 0 fully saturated rings. The quantitative estimate of drug-likeness (QED) is 0.186. The summed E-state index contributed by atoms with van der Waals surface area (Å²) < 4.78 is 0. The molecule has 0 saturated heterocycles. The van der Waals surface area contributed by atoms with Crippen LogP contribution in [0.4, 0.5) is 0 Å².